The summed E-state index contributed by atoms with van der Waals surface area (Å²) in [5.74, 6) is 0.690. The molecule has 0 aliphatic rings. The highest BCUT2D eigenvalue weighted by Crippen LogP contribution is 2.28. The van der Waals surface area contributed by atoms with Crippen LogP contribution in [0.4, 0.5) is 4.39 Å². The summed E-state index contributed by atoms with van der Waals surface area (Å²) in [6, 6.07) is 5.06. The van der Waals surface area contributed by atoms with Crippen molar-refractivity contribution in [2.75, 3.05) is 6.54 Å². The van der Waals surface area contributed by atoms with E-state index in [1.165, 1.54) is 6.20 Å². The van der Waals surface area contributed by atoms with Crippen LogP contribution in [0.25, 0.3) is 11.3 Å². The van der Waals surface area contributed by atoms with E-state index in [2.05, 4.69) is 20.9 Å². The van der Waals surface area contributed by atoms with E-state index in [9.17, 15) is 4.39 Å². The Morgan fingerprint density at radius 2 is 2.24 bits per heavy atom. The standard InChI is InChI=1S/C12H12BrFN2O/c13-9-4-1-3-8(12(9)14)10-7-16-11(17-10)5-2-6-15/h1,3-4,7H,2,5-6,15H2. The van der Waals surface area contributed by atoms with Gasteiger partial charge in [-0.2, -0.15) is 0 Å². The molecule has 0 saturated heterocycles. The molecule has 2 N–H and O–H groups in total. The zero-order valence-corrected chi connectivity index (χ0v) is 10.7. The minimum Gasteiger partial charge on any atom is -0.441 e. The van der Waals surface area contributed by atoms with Gasteiger partial charge in [0.15, 0.2) is 11.7 Å². The second kappa shape index (κ2) is 5.42. The smallest absolute Gasteiger partial charge is 0.194 e. The molecule has 0 aliphatic heterocycles. The summed E-state index contributed by atoms with van der Waals surface area (Å²) in [4.78, 5) is 4.10. The largest absolute Gasteiger partial charge is 0.441 e. The second-order valence-corrected chi connectivity index (χ2v) is 4.47. The molecule has 2 aromatic rings. The number of nitrogens with zero attached hydrogens (tertiary/aromatic N) is 1. The van der Waals surface area contributed by atoms with Crippen LogP contribution in [0, 0.1) is 5.82 Å². The summed E-state index contributed by atoms with van der Waals surface area (Å²) in [5.41, 5.74) is 5.81. The van der Waals surface area contributed by atoms with Gasteiger partial charge in [0.25, 0.3) is 0 Å². The lowest BCUT2D eigenvalue weighted by molar-refractivity contribution is 0.495. The molecule has 0 fully saturated rings. The fourth-order valence-corrected chi connectivity index (χ4v) is 1.86. The fraction of sp³-hybridized carbons (Fsp3) is 0.250. The lowest BCUT2D eigenvalue weighted by Crippen LogP contribution is -2.00. The molecule has 2 rings (SSSR count). The number of hydrogen-bond acceptors (Lipinski definition) is 3. The van der Waals surface area contributed by atoms with E-state index >= 15 is 0 Å². The SMILES string of the molecule is NCCCc1ncc(-c2cccc(Br)c2F)o1. The summed E-state index contributed by atoms with van der Waals surface area (Å²) in [6.07, 6.45) is 3.02. The topological polar surface area (TPSA) is 52.0 Å². The lowest BCUT2D eigenvalue weighted by Gasteiger charge is -2.00. The van der Waals surface area contributed by atoms with Crippen LogP contribution in [0.3, 0.4) is 0 Å². The van der Waals surface area contributed by atoms with Crippen LogP contribution in [0.1, 0.15) is 12.3 Å². The number of hydrogen-bond donors (Lipinski definition) is 1. The fourth-order valence-electron chi connectivity index (χ4n) is 1.50. The average Bonchev–Trinajstić information content (AvgIpc) is 2.78. The van der Waals surface area contributed by atoms with E-state index in [-0.39, 0.29) is 5.82 Å². The number of aromatic nitrogens is 1. The van der Waals surface area contributed by atoms with Crippen molar-refractivity contribution in [1.82, 2.24) is 4.98 Å². The van der Waals surface area contributed by atoms with Crippen molar-refractivity contribution in [2.45, 2.75) is 12.8 Å². The quantitative estimate of drug-likeness (QED) is 0.943. The molecule has 0 radical (unpaired) electrons. The number of rotatable bonds is 4. The van der Waals surface area contributed by atoms with Crippen LogP contribution < -0.4 is 5.73 Å². The highest BCUT2D eigenvalue weighted by Gasteiger charge is 2.12. The molecule has 0 unspecified atom stereocenters. The van der Waals surface area contributed by atoms with Gasteiger partial charge in [-0.1, -0.05) is 6.07 Å². The van der Waals surface area contributed by atoms with Crippen LogP contribution in [0.15, 0.2) is 33.3 Å². The Kier molecular flexibility index (Phi) is 3.91. The minimum absolute atomic E-state index is 0.339. The summed E-state index contributed by atoms with van der Waals surface area (Å²) < 4.78 is 19.7. The third-order valence-electron chi connectivity index (χ3n) is 2.37. The molecular formula is C12H12BrFN2O. The Hall–Kier alpha value is -1.20. The van der Waals surface area contributed by atoms with Crippen molar-refractivity contribution in [3.8, 4) is 11.3 Å². The van der Waals surface area contributed by atoms with E-state index < -0.39 is 0 Å². The van der Waals surface area contributed by atoms with E-state index in [0.29, 0.717) is 34.7 Å². The zero-order valence-electron chi connectivity index (χ0n) is 9.12. The monoisotopic (exact) mass is 298 g/mol. The molecule has 1 aromatic heterocycles. The molecule has 90 valence electrons. The third kappa shape index (κ3) is 2.73. The van der Waals surface area contributed by atoms with Crippen molar-refractivity contribution in [3.05, 3.63) is 40.6 Å². The van der Waals surface area contributed by atoms with Crippen LogP contribution >= 0.6 is 15.9 Å². The minimum atomic E-state index is -0.339. The van der Waals surface area contributed by atoms with E-state index in [1.807, 2.05) is 0 Å². The van der Waals surface area contributed by atoms with Crippen molar-refractivity contribution in [3.63, 3.8) is 0 Å². The van der Waals surface area contributed by atoms with E-state index in [4.69, 9.17) is 10.2 Å². The summed E-state index contributed by atoms with van der Waals surface area (Å²) in [6.45, 7) is 0.586. The van der Waals surface area contributed by atoms with Crippen molar-refractivity contribution in [1.29, 1.82) is 0 Å². The van der Waals surface area contributed by atoms with E-state index in [0.717, 1.165) is 6.42 Å². The maximum Gasteiger partial charge on any atom is 0.194 e. The van der Waals surface area contributed by atoms with Crippen molar-refractivity contribution < 1.29 is 8.81 Å². The van der Waals surface area contributed by atoms with Gasteiger partial charge in [0.2, 0.25) is 0 Å². The molecular weight excluding hydrogens is 287 g/mol. The van der Waals surface area contributed by atoms with Gasteiger partial charge < -0.3 is 10.2 Å². The van der Waals surface area contributed by atoms with Gasteiger partial charge in [-0.3, -0.25) is 0 Å². The Balaban J connectivity index is 2.27. The predicted molar refractivity (Wildman–Crippen MR) is 67.0 cm³/mol. The Labute approximate surface area is 107 Å². The number of nitrogens with two attached hydrogens (primary N) is 1. The van der Waals surface area contributed by atoms with Gasteiger partial charge in [0, 0.05) is 6.42 Å². The number of halogens is 2. The molecule has 1 aromatic carbocycles. The molecule has 0 saturated carbocycles. The van der Waals surface area contributed by atoms with Crippen molar-refractivity contribution >= 4 is 15.9 Å². The maximum absolute atomic E-state index is 13.8. The average molecular weight is 299 g/mol. The Morgan fingerprint density at radius 1 is 1.41 bits per heavy atom. The summed E-state index contributed by atoms with van der Waals surface area (Å²) in [7, 11) is 0. The van der Waals surface area contributed by atoms with E-state index in [1.54, 1.807) is 18.2 Å². The van der Waals surface area contributed by atoms with Crippen LogP contribution in [0.5, 0.6) is 0 Å². The first-order valence-electron chi connectivity index (χ1n) is 5.31. The molecule has 5 heteroatoms. The number of benzene rings is 1. The number of aryl methyl sites for hydroxylation is 1. The van der Waals surface area contributed by atoms with Gasteiger partial charge in [-0.25, -0.2) is 9.37 Å². The summed E-state index contributed by atoms with van der Waals surface area (Å²) in [5, 5.41) is 0. The van der Waals surface area contributed by atoms with Crippen molar-refractivity contribution in [2.24, 2.45) is 5.73 Å². The van der Waals surface area contributed by atoms with Gasteiger partial charge in [-0.15, -0.1) is 0 Å². The van der Waals surface area contributed by atoms with Gasteiger partial charge in [-0.05, 0) is 41.0 Å². The zero-order chi connectivity index (χ0) is 12.3. The predicted octanol–water partition coefficient (Wildman–Crippen LogP) is 3.13. The highest BCUT2D eigenvalue weighted by molar-refractivity contribution is 9.10. The van der Waals surface area contributed by atoms with Crippen LogP contribution in [0.2, 0.25) is 0 Å². The van der Waals surface area contributed by atoms with Gasteiger partial charge >= 0.3 is 0 Å². The van der Waals surface area contributed by atoms with Gasteiger partial charge in [0.05, 0.1) is 16.2 Å². The Bertz CT molecular complexity index is 513. The first kappa shape index (κ1) is 12.3. The summed E-state index contributed by atoms with van der Waals surface area (Å²) >= 11 is 3.14. The molecule has 0 bridgehead atoms. The number of oxazole rings is 1. The second-order valence-electron chi connectivity index (χ2n) is 3.61. The molecule has 0 spiro atoms. The molecule has 17 heavy (non-hydrogen) atoms. The molecule has 3 nitrogen and oxygen atoms in total. The Morgan fingerprint density at radius 3 is 3.00 bits per heavy atom. The highest BCUT2D eigenvalue weighted by atomic mass is 79.9. The third-order valence-corrected chi connectivity index (χ3v) is 2.98. The normalized spacial score (nSPS) is 10.8. The van der Waals surface area contributed by atoms with Crippen LogP contribution in [-0.4, -0.2) is 11.5 Å². The molecule has 0 atom stereocenters. The lowest BCUT2D eigenvalue weighted by atomic mass is 10.2. The maximum atomic E-state index is 13.8. The van der Waals surface area contributed by atoms with Crippen LogP contribution in [-0.2, 0) is 6.42 Å². The molecule has 0 aliphatic carbocycles. The molecule has 1 heterocycles. The van der Waals surface area contributed by atoms with Gasteiger partial charge in [0.1, 0.15) is 5.82 Å². The molecule has 0 amide bonds. The first-order valence-corrected chi connectivity index (χ1v) is 6.11. The first-order chi connectivity index (χ1) is 8.22.